The van der Waals surface area contributed by atoms with E-state index in [1.165, 1.54) is 6.07 Å². The minimum atomic E-state index is -0.251. The number of hydrogen-bond donors (Lipinski definition) is 1. The number of benzene rings is 2. The van der Waals surface area contributed by atoms with Crippen LogP contribution in [0, 0.1) is 5.82 Å². The van der Waals surface area contributed by atoms with Gasteiger partial charge < -0.3 is 10.2 Å². The van der Waals surface area contributed by atoms with Crippen molar-refractivity contribution in [3.63, 3.8) is 0 Å². The highest BCUT2D eigenvalue weighted by atomic mass is 79.9. The Hall–Kier alpha value is -1.55. The molecule has 0 atom stereocenters. The second-order valence-corrected chi connectivity index (χ2v) is 5.45. The molecule has 0 saturated carbocycles. The molecule has 2 aromatic carbocycles. The second kappa shape index (κ2) is 6.06. The first-order chi connectivity index (χ1) is 9.06. The average Bonchev–Trinajstić information content (AvgIpc) is 2.38. The van der Waals surface area contributed by atoms with Crippen LogP contribution in [0.15, 0.2) is 46.9 Å². The van der Waals surface area contributed by atoms with Gasteiger partial charge in [-0.15, -0.1) is 0 Å². The Morgan fingerprint density at radius 2 is 1.79 bits per heavy atom. The summed E-state index contributed by atoms with van der Waals surface area (Å²) < 4.78 is 14.4. The van der Waals surface area contributed by atoms with E-state index >= 15 is 0 Å². The molecule has 0 fully saturated rings. The van der Waals surface area contributed by atoms with Crippen molar-refractivity contribution >= 4 is 27.3 Å². The molecule has 0 amide bonds. The van der Waals surface area contributed by atoms with Gasteiger partial charge >= 0.3 is 0 Å². The van der Waals surface area contributed by atoms with E-state index in [-0.39, 0.29) is 5.82 Å². The summed E-state index contributed by atoms with van der Waals surface area (Å²) in [6.45, 7) is 0.603. The molecule has 0 aliphatic rings. The summed E-state index contributed by atoms with van der Waals surface area (Å²) in [5.74, 6) is -0.251. The van der Waals surface area contributed by atoms with Gasteiger partial charge in [-0.25, -0.2) is 4.39 Å². The predicted molar refractivity (Wildman–Crippen MR) is 82.2 cm³/mol. The predicted octanol–water partition coefficient (Wildman–Crippen LogP) is 4.27. The number of nitrogens with one attached hydrogen (secondary N) is 1. The van der Waals surface area contributed by atoms with Crippen molar-refractivity contribution in [1.82, 2.24) is 0 Å². The van der Waals surface area contributed by atoms with Crippen molar-refractivity contribution < 1.29 is 4.39 Å². The summed E-state index contributed by atoms with van der Waals surface area (Å²) in [5, 5.41) is 3.10. The molecule has 4 heteroatoms. The first-order valence-corrected chi connectivity index (χ1v) is 6.81. The van der Waals surface area contributed by atoms with Crippen LogP contribution >= 0.6 is 15.9 Å². The van der Waals surface area contributed by atoms with Gasteiger partial charge in [-0.2, -0.15) is 0 Å². The van der Waals surface area contributed by atoms with Crippen LogP contribution < -0.4 is 10.2 Å². The summed E-state index contributed by atoms with van der Waals surface area (Å²) in [6.07, 6.45) is 0. The highest BCUT2D eigenvalue weighted by Gasteiger charge is 2.02. The summed E-state index contributed by atoms with van der Waals surface area (Å²) in [5.41, 5.74) is 2.78. The molecule has 0 aliphatic heterocycles. The van der Waals surface area contributed by atoms with Gasteiger partial charge in [-0.3, -0.25) is 0 Å². The van der Waals surface area contributed by atoms with E-state index in [4.69, 9.17) is 0 Å². The number of hydrogen-bond acceptors (Lipinski definition) is 2. The highest BCUT2D eigenvalue weighted by molar-refractivity contribution is 9.10. The van der Waals surface area contributed by atoms with Crippen molar-refractivity contribution in [2.45, 2.75) is 6.54 Å². The monoisotopic (exact) mass is 322 g/mol. The molecule has 1 N–H and O–H groups in total. The fourth-order valence-corrected chi connectivity index (χ4v) is 2.08. The third-order valence-electron chi connectivity index (χ3n) is 2.87. The van der Waals surface area contributed by atoms with Crippen molar-refractivity contribution in [2.24, 2.45) is 0 Å². The van der Waals surface area contributed by atoms with Crippen molar-refractivity contribution in [2.75, 3.05) is 24.3 Å². The van der Waals surface area contributed by atoms with E-state index in [1.54, 1.807) is 6.07 Å². The van der Waals surface area contributed by atoms with E-state index in [2.05, 4.69) is 33.4 Å². The molecular weight excluding hydrogens is 307 g/mol. The normalized spacial score (nSPS) is 10.3. The van der Waals surface area contributed by atoms with Gasteiger partial charge in [0.05, 0.1) is 5.69 Å². The third-order valence-corrected chi connectivity index (χ3v) is 3.36. The van der Waals surface area contributed by atoms with Gasteiger partial charge in [0.15, 0.2) is 0 Å². The minimum Gasteiger partial charge on any atom is -0.379 e. The molecule has 0 aliphatic carbocycles. The Kier molecular flexibility index (Phi) is 4.43. The van der Waals surface area contributed by atoms with Crippen LogP contribution in [0.4, 0.5) is 15.8 Å². The fraction of sp³-hybridized carbons (Fsp3) is 0.200. The highest BCUT2D eigenvalue weighted by Crippen LogP contribution is 2.20. The lowest BCUT2D eigenvalue weighted by atomic mass is 10.2. The lowest BCUT2D eigenvalue weighted by molar-refractivity contribution is 0.629. The van der Waals surface area contributed by atoms with Gasteiger partial charge in [0.2, 0.25) is 0 Å². The fourth-order valence-electron chi connectivity index (χ4n) is 1.74. The summed E-state index contributed by atoms with van der Waals surface area (Å²) in [4.78, 5) is 2.05. The molecule has 0 saturated heterocycles. The van der Waals surface area contributed by atoms with Gasteiger partial charge in [0.25, 0.3) is 0 Å². The number of rotatable bonds is 4. The maximum Gasteiger partial charge on any atom is 0.147 e. The molecule has 0 bridgehead atoms. The molecule has 19 heavy (non-hydrogen) atoms. The zero-order valence-electron chi connectivity index (χ0n) is 11.0. The maximum absolute atomic E-state index is 13.6. The zero-order valence-corrected chi connectivity index (χ0v) is 12.5. The van der Waals surface area contributed by atoms with E-state index in [0.29, 0.717) is 12.2 Å². The summed E-state index contributed by atoms with van der Waals surface area (Å²) >= 11 is 3.24. The number of halogens is 2. The van der Waals surface area contributed by atoms with Gasteiger partial charge in [-0.05, 0) is 35.9 Å². The summed E-state index contributed by atoms with van der Waals surface area (Å²) in [7, 11) is 4.01. The third kappa shape index (κ3) is 3.70. The molecule has 0 aromatic heterocycles. The van der Waals surface area contributed by atoms with Gasteiger partial charge in [0.1, 0.15) is 5.82 Å². The minimum absolute atomic E-state index is 0.251. The van der Waals surface area contributed by atoms with Crippen molar-refractivity contribution in [1.29, 1.82) is 0 Å². The van der Waals surface area contributed by atoms with Crippen LogP contribution in [0.1, 0.15) is 5.56 Å². The smallest absolute Gasteiger partial charge is 0.147 e. The number of nitrogens with zero attached hydrogens (tertiary/aromatic N) is 1. The standard InChI is InChI=1S/C15H16BrFN2/c1-19(2)13-6-3-11(4-7-13)10-18-15-8-5-12(16)9-14(15)17/h3-9,18H,10H2,1-2H3. The molecule has 2 rings (SSSR count). The molecular formula is C15H16BrFN2. The van der Waals surface area contributed by atoms with Crippen LogP contribution in [0.25, 0.3) is 0 Å². The van der Waals surface area contributed by atoms with E-state index < -0.39 is 0 Å². The SMILES string of the molecule is CN(C)c1ccc(CNc2ccc(Br)cc2F)cc1. The molecule has 100 valence electrons. The van der Waals surface area contributed by atoms with Gasteiger partial charge in [-0.1, -0.05) is 28.1 Å². The number of anilines is 2. The summed E-state index contributed by atoms with van der Waals surface area (Å²) in [6, 6.07) is 13.2. The average molecular weight is 323 g/mol. The van der Waals surface area contributed by atoms with E-state index in [9.17, 15) is 4.39 Å². The Balaban J connectivity index is 2.02. The molecule has 2 aromatic rings. The topological polar surface area (TPSA) is 15.3 Å². The Bertz CT molecular complexity index is 553. The lowest BCUT2D eigenvalue weighted by Gasteiger charge is -2.13. The molecule has 0 unspecified atom stereocenters. The lowest BCUT2D eigenvalue weighted by Crippen LogP contribution is -2.08. The Labute approximate surface area is 121 Å². The zero-order chi connectivity index (χ0) is 13.8. The molecule has 0 heterocycles. The Morgan fingerprint density at radius 1 is 1.11 bits per heavy atom. The van der Waals surface area contributed by atoms with Crippen LogP contribution in [-0.2, 0) is 6.54 Å². The van der Waals surface area contributed by atoms with Gasteiger partial charge in [0, 0.05) is 30.8 Å². The first kappa shape index (κ1) is 13.9. The van der Waals surface area contributed by atoms with Crippen LogP contribution in [0.3, 0.4) is 0 Å². The molecule has 0 radical (unpaired) electrons. The van der Waals surface area contributed by atoms with Crippen LogP contribution in [0.5, 0.6) is 0 Å². The quantitative estimate of drug-likeness (QED) is 0.904. The van der Waals surface area contributed by atoms with E-state index in [1.807, 2.05) is 37.2 Å². The van der Waals surface area contributed by atoms with Crippen LogP contribution in [0.2, 0.25) is 0 Å². The maximum atomic E-state index is 13.6. The van der Waals surface area contributed by atoms with Crippen LogP contribution in [-0.4, -0.2) is 14.1 Å². The molecule has 2 nitrogen and oxygen atoms in total. The largest absolute Gasteiger partial charge is 0.379 e. The first-order valence-electron chi connectivity index (χ1n) is 6.01. The second-order valence-electron chi connectivity index (χ2n) is 4.54. The van der Waals surface area contributed by atoms with E-state index in [0.717, 1.165) is 15.7 Å². The Morgan fingerprint density at radius 3 is 2.37 bits per heavy atom. The molecule has 0 spiro atoms. The van der Waals surface area contributed by atoms with Crippen molar-refractivity contribution in [3.8, 4) is 0 Å². The van der Waals surface area contributed by atoms with Crippen molar-refractivity contribution in [3.05, 3.63) is 58.3 Å².